The Morgan fingerprint density at radius 1 is 1.06 bits per heavy atom. The number of phenolic OH excluding ortho intramolecular Hbond substituents is 1. The van der Waals surface area contributed by atoms with Crippen LogP contribution in [0.3, 0.4) is 0 Å². The van der Waals surface area contributed by atoms with Gasteiger partial charge in [0.1, 0.15) is 17.8 Å². The van der Waals surface area contributed by atoms with Gasteiger partial charge in [-0.05, 0) is 12.1 Å². The number of benzene rings is 2. The van der Waals surface area contributed by atoms with Crippen LogP contribution in [0.5, 0.6) is 11.5 Å². The molecule has 1 unspecified atom stereocenters. The molecule has 0 aliphatic carbocycles. The minimum atomic E-state index is -0.526. The zero-order valence-electron chi connectivity index (χ0n) is 10.0. The van der Waals surface area contributed by atoms with Gasteiger partial charge in [-0.2, -0.15) is 0 Å². The van der Waals surface area contributed by atoms with Gasteiger partial charge in [-0.25, -0.2) is 0 Å². The van der Waals surface area contributed by atoms with Crippen molar-refractivity contribution in [3.05, 3.63) is 59.7 Å². The van der Waals surface area contributed by atoms with Crippen LogP contribution in [0.1, 0.15) is 17.0 Å². The van der Waals surface area contributed by atoms with Crippen molar-refractivity contribution in [1.82, 2.24) is 0 Å². The summed E-state index contributed by atoms with van der Waals surface area (Å²) in [5.74, 6) is 0.223. The van der Waals surface area contributed by atoms with Crippen molar-refractivity contribution in [3.63, 3.8) is 0 Å². The van der Waals surface area contributed by atoms with E-state index >= 15 is 0 Å². The molecule has 2 rings (SSSR count). The molecule has 0 amide bonds. The third-order valence-corrected chi connectivity index (χ3v) is 2.88. The van der Waals surface area contributed by atoms with Gasteiger partial charge in [-0.1, -0.05) is 36.4 Å². The standard InChI is InChI=1S/C15H14O3/c1-18-15-9-5-3-7-12(15)13(10-16)11-6-2-4-8-14(11)17/h2-10,13,17H,1H3. The molecular weight excluding hydrogens is 228 g/mol. The molecule has 0 saturated heterocycles. The fourth-order valence-electron chi connectivity index (χ4n) is 1.99. The number of rotatable bonds is 4. The summed E-state index contributed by atoms with van der Waals surface area (Å²) in [6.45, 7) is 0. The molecule has 0 radical (unpaired) electrons. The molecule has 0 aromatic heterocycles. The first-order valence-corrected chi connectivity index (χ1v) is 5.64. The fourth-order valence-corrected chi connectivity index (χ4v) is 1.99. The lowest BCUT2D eigenvalue weighted by molar-refractivity contribution is -0.108. The number of phenols is 1. The van der Waals surface area contributed by atoms with Crippen LogP contribution in [-0.4, -0.2) is 18.5 Å². The lowest BCUT2D eigenvalue weighted by Crippen LogP contribution is -2.04. The highest BCUT2D eigenvalue weighted by molar-refractivity contribution is 5.71. The quantitative estimate of drug-likeness (QED) is 0.838. The van der Waals surface area contributed by atoms with Crippen molar-refractivity contribution in [2.75, 3.05) is 7.11 Å². The maximum absolute atomic E-state index is 11.4. The highest BCUT2D eigenvalue weighted by Crippen LogP contribution is 2.34. The molecule has 3 heteroatoms. The lowest BCUT2D eigenvalue weighted by atomic mass is 9.91. The number of aromatic hydroxyl groups is 1. The number of hydrogen-bond acceptors (Lipinski definition) is 3. The van der Waals surface area contributed by atoms with Crippen molar-refractivity contribution in [2.45, 2.75) is 5.92 Å². The summed E-state index contributed by atoms with van der Waals surface area (Å²) >= 11 is 0. The maximum atomic E-state index is 11.4. The Morgan fingerprint density at radius 2 is 1.67 bits per heavy atom. The highest BCUT2D eigenvalue weighted by atomic mass is 16.5. The third-order valence-electron chi connectivity index (χ3n) is 2.88. The molecule has 1 atom stereocenters. The van der Waals surface area contributed by atoms with Gasteiger partial charge in [0.15, 0.2) is 0 Å². The van der Waals surface area contributed by atoms with Crippen molar-refractivity contribution < 1.29 is 14.6 Å². The first kappa shape index (κ1) is 12.2. The molecule has 2 aromatic carbocycles. The highest BCUT2D eigenvalue weighted by Gasteiger charge is 2.19. The summed E-state index contributed by atoms with van der Waals surface area (Å²) in [5.41, 5.74) is 1.33. The SMILES string of the molecule is COc1ccccc1C(C=O)c1ccccc1O. The third kappa shape index (κ3) is 2.20. The second kappa shape index (κ2) is 5.36. The van der Waals surface area contributed by atoms with Gasteiger partial charge in [0.25, 0.3) is 0 Å². The summed E-state index contributed by atoms with van der Waals surface area (Å²) in [7, 11) is 1.56. The Kier molecular flexibility index (Phi) is 3.63. The first-order chi connectivity index (χ1) is 8.77. The monoisotopic (exact) mass is 242 g/mol. The van der Waals surface area contributed by atoms with E-state index in [0.29, 0.717) is 11.3 Å². The van der Waals surface area contributed by atoms with E-state index in [-0.39, 0.29) is 5.75 Å². The minimum Gasteiger partial charge on any atom is -0.508 e. The summed E-state index contributed by atoms with van der Waals surface area (Å²) < 4.78 is 5.25. The van der Waals surface area contributed by atoms with Gasteiger partial charge >= 0.3 is 0 Å². The molecular formula is C15H14O3. The van der Waals surface area contributed by atoms with E-state index in [9.17, 15) is 9.90 Å². The molecule has 0 saturated carbocycles. The average Bonchev–Trinajstić information content (AvgIpc) is 2.42. The summed E-state index contributed by atoms with van der Waals surface area (Å²) in [6.07, 6.45) is 0.812. The minimum absolute atomic E-state index is 0.112. The van der Waals surface area contributed by atoms with Crippen LogP contribution in [0.15, 0.2) is 48.5 Å². The predicted octanol–water partition coefficient (Wildman–Crippen LogP) is 2.73. The second-order valence-electron chi connectivity index (χ2n) is 3.91. The zero-order valence-corrected chi connectivity index (χ0v) is 10.0. The van der Waals surface area contributed by atoms with Crippen molar-refractivity contribution in [3.8, 4) is 11.5 Å². The van der Waals surface area contributed by atoms with Crippen molar-refractivity contribution >= 4 is 6.29 Å². The topological polar surface area (TPSA) is 46.5 Å². The van der Waals surface area contributed by atoms with E-state index in [1.54, 1.807) is 37.4 Å². The molecule has 1 N–H and O–H groups in total. The fraction of sp³-hybridized carbons (Fsp3) is 0.133. The lowest BCUT2D eigenvalue weighted by Gasteiger charge is -2.15. The normalized spacial score (nSPS) is 11.8. The molecule has 0 bridgehead atoms. The number of methoxy groups -OCH3 is 1. The van der Waals surface area contributed by atoms with E-state index in [0.717, 1.165) is 11.8 Å². The zero-order chi connectivity index (χ0) is 13.0. The number of ether oxygens (including phenoxy) is 1. The van der Waals surface area contributed by atoms with Gasteiger partial charge in [0.2, 0.25) is 0 Å². The number of hydrogen-bond donors (Lipinski definition) is 1. The summed E-state index contributed by atoms with van der Waals surface area (Å²) in [4.78, 5) is 11.4. The Labute approximate surface area is 106 Å². The van der Waals surface area contributed by atoms with Gasteiger partial charge < -0.3 is 14.6 Å². The molecule has 3 nitrogen and oxygen atoms in total. The van der Waals surface area contributed by atoms with Gasteiger partial charge in [-0.3, -0.25) is 0 Å². The van der Waals surface area contributed by atoms with E-state index in [2.05, 4.69) is 0 Å². The van der Waals surface area contributed by atoms with E-state index < -0.39 is 5.92 Å². The van der Waals surface area contributed by atoms with Crippen LogP contribution in [0.2, 0.25) is 0 Å². The number of aldehydes is 1. The first-order valence-electron chi connectivity index (χ1n) is 5.64. The average molecular weight is 242 g/mol. The number of para-hydroxylation sites is 2. The Bertz CT molecular complexity index is 549. The van der Waals surface area contributed by atoms with Gasteiger partial charge in [-0.15, -0.1) is 0 Å². The molecule has 0 heterocycles. The smallest absolute Gasteiger partial charge is 0.132 e. The van der Waals surface area contributed by atoms with E-state index in [1.807, 2.05) is 18.2 Å². The van der Waals surface area contributed by atoms with E-state index in [1.165, 1.54) is 0 Å². The van der Waals surface area contributed by atoms with Crippen molar-refractivity contribution in [2.24, 2.45) is 0 Å². The van der Waals surface area contributed by atoms with Crippen molar-refractivity contribution in [1.29, 1.82) is 0 Å². The van der Waals surface area contributed by atoms with Gasteiger partial charge in [0, 0.05) is 11.1 Å². The van der Waals surface area contributed by atoms with Crippen LogP contribution < -0.4 is 4.74 Å². The van der Waals surface area contributed by atoms with Crippen LogP contribution >= 0.6 is 0 Å². The molecule has 92 valence electrons. The molecule has 18 heavy (non-hydrogen) atoms. The summed E-state index contributed by atoms with van der Waals surface area (Å²) in [5, 5.41) is 9.84. The Balaban J connectivity index is 2.52. The molecule has 0 aliphatic rings. The van der Waals surface area contributed by atoms with Crippen LogP contribution in [-0.2, 0) is 4.79 Å². The number of carbonyl (C=O) groups excluding carboxylic acids is 1. The Hall–Kier alpha value is -2.29. The van der Waals surface area contributed by atoms with Gasteiger partial charge in [0.05, 0.1) is 13.0 Å². The van der Waals surface area contributed by atoms with Crippen LogP contribution in [0.25, 0.3) is 0 Å². The second-order valence-corrected chi connectivity index (χ2v) is 3.91. The maximum Gasteiger partial charge on any atom is 0.132 e. The largest absolute Gasteiger partial charge is 0.508 e. The predicted molar refractivity (Wildman–Crippen MR) is 69.0 cm³/mol. The van der Waals surface area contributed by atoms with Crippen LogP contribution in [0, 0.1) is 0 Å². The number of carbonyl (C=O) groups is 1. The molecule has 0 aliphatic heterocycles. The van der Waals surface area contributed by atoms with E-state index in [4.69, 9.17) is 4.74 Å². The van der Waals surface area contributed by atoms with Crippen LogP contribution in [0.4, 0.5) is 0 Å². The summed E-state index contributed by atoms with van der Waals surface area (Å²) in [6, 6.07) is 14.1. The Morgan fingerprint density at radius 3 is 2.28 bits per heavy atom. The molecule has 0 spiro atoms. The molecule has 0 fully saturated rings. The molecule has 2 aromatic rings.